The van der Waals surface area contributed by atoms with E-state index in [1.54, 1.807) is 12.1 Å². The molecule has 0 aromatic heterocycles. The highest BCUT2D eigenvalue weighted by atomic mass is 35.5. The van der Waals surface area contributed by atoms with Crippen molar-refractivity contribution in [1.29, 1.82) is 0 Å². The number of rotatable bonds is 7. The molecule has 0 unspecified atom stereocenters. The molecule has 1 heterocycles. The van der Waals surface area contributed by atoms with Gasteiger partial charge >= 0.3 is 0 Å². The number of nitrogens with zero attached hydrogens (tertiary/aromatic N) is 2. The predicted molar refractivity (Wildman–Crippen MR) is 111 cm³/mol. The molecule has 0 radical (unpaired) electrons. The van der Waals surface area contributed by atoms with Gasteiger partial charge in [-0.25, -0.2) is 0 Å². The maximum Gasteiger partial charge on any atom is 0.253 e. The Morgan fingerprint density at radius 2 is 1.71 bits per heavy atom. The second-order valence-electron chi connectivity index (χ2n) is 6.72. The van der Waals surface area contributed by atoms with Crippen LogP contribution in [0.3, 0.4) is 0 Å². The number of carbonyl (C=O) groups is 1. The van der Waals surface area contributed by atoms with Crippen LogP contribution in [0.25, 0.3) is 0 Å². The number of piperazine rings is 1. The highest BCUT2D eigenvalue weighted by molar-refractivity contribution is 6.30. The van der Waals surface area contributed by atoms with Crippen molar-refractivity contribution >= 4 is 17.5 Å². The van der Waals surface area contributed by atoms with Gasteiger partial charge in [0.05, 0.1) is 6.61 Å². The topological polar surface area (TPSA) is 42.0 Å². The van der Waals surface area contributed by atoms with Crippen LogP contribution in [0.1, 0.15) is 29.8 Å². The lowest BCUT2D eigenvalue weighted by atomic mass is 10.1. The van der Waals surface area contributed by atoms with Crippen molar-refractivity contribution in [1.82, 2.24) is 9.80 Å². The fourth-order valence-corrected chi connectivity index (χ4v) is 3.39. The number of ether oxygens (including phenoxy) is 2. The molecule has 1 fully saturated rings. The SMILES string of the molecule is CCOc1ccc(C(=O)N2CCN(CC)CC2)cc1COc1ccc(Cl)cc1. The largest absolute Gasteiger partial charge is 0.493 e. The van der Waals surface area contributed by atoms with Crippen LogP contribution in [0.15, 0.2) is 42.5 Å². The molecule has 0 N–H and O–H groups in total. The van der Waals surface area contributed by atoms with Gasteiger partial charge in [-0.3, -0.25) is 4.79 Å². The van der Waals surface area contributed by atoms with Crippen molar-refractivity contribution in [3.05, 3.63) is 58.6 Å². The Morgan fingerprint density at radius 3 is 2.36 bits per heavy atom. The molecule has 1 saturated heterocycles. The molecule has 1 aliphatic rings. The van der Waals surface area contributed by atoms with E-state index in [0.717, 1.165) is 49.8 Å². The van der Waals surface area contributed by atoms with Gasteiger partial charge in [0, 0.05) is 42.3 Å². The molecule has 0 bridgehead atoms. The average molecular weight is 403 g/mol. The zero-order valence-corrected chi connectivity index (χ0v) is 17.2. The lowest BCUT2D eigenvalue weighted by Gasteiger charge is -2.34. The first-order valence-corrected chi connectivity index (χ1v) is 10.1. The number of amides is 1. The van der Waals surface area contributed by atoms with Crippen molar-refractivity contribution in [2.45, 2.75) is 20.5 Å². The summed E-state index contributed by atoms with van der Waals surface area (Å²) in [5.41, 5.74) is 1.53. The van der Waals surface area contributed by atoms with Gasteiger partial charge in [-0.1, -0.05) is 18.5 Å². The first-order chi connectivity index (χ1) is 13.6. The Bertz CT molecular complexity index is 787. The van der Waals surface area contributed by atoms with Crippen LogP contribution in [-0.4, -0.2) is 55.0 Å². The molecule has 150 valence electrons. The van der Waals surface area contributed by atoms with Crippen LogP contribution >= 0.6 is 11.6 Å². The van der Waals surface area contributed by atoms with E-state index in [4.69, 9.17) is 21.1 Å². The van der Waals surface area contributed by atoms with E-state index >= 15 is 0 Å². The summed E-state index contributed by atoms with van der Waals surface area (Å²) in [5.74, 6) is 1.52. The molecular weight excluding hydrogens is 376 g/mol. The number of likely N-dealkylation sites (N-methyl/N-ethyl adjacent to an activating group) is 1. The first kappa shape index (κ1) is 20.5. The minimum atomic E-state index is 0.0616. The third-order valence-electron chi connectivity index (χ3n) is 4.92. The monoisotopic (exact) mass is 402 g/mol. The van der Waals surface area contributed by atoms with E-state index in [1.807, 2.05) is 42.2 Å². The Morgan fingerprint density at radius 1 is 1.00 bits per heavy atom. The molecule has 0 spiro atoms. The van der Waals surface area contributed by atoms with Gasteiger partial charge in [0.15, 0.2) is 0 Å². The molecule has 1 amide bonds. The summed E-state index contributed by atoms with van der Waals surface area (Å²) in [6.45, 7) is 9.36. The quantitative estimate of drug-likeness (QED) is 0.699. The maximum absolute atomic E-state index is 12.9. The molecule has 6 heteroatoms. The Hall–Kier alpha value is -2.24. The van der Waals surface area contributed by atoms with Crippen molar-refractivity contribution in [3.8, 4) is 11.5 Å². The van der Waals surface area contributed by atoms with E-state index in [2.05, 4.69) is 11.8 Å². The standard InChI is InChI=1S/C22H27ClN2O3/c1-3-24-11-13-25(14-12-24)22(26)17-5-10-21(27-4-2)18(15-17)16-28-20-8-6-19(23)7-9-20/h5-10,15H,3-4,11-14,16H2,1-2H3. The van der Waals surface area contributed by atoms with Gasteiger partial charge < -0.3 is 19.3 Å². The van der Waals surface area contributed by atoms with Crippen molar-refractivity contribution < 1.29 is 14.3 Å². The van der Waals surface area contributed by atoms with Crippen LogP contribution in [0.2, 0.25) is 5.02 Å². The Kier molecular flexibility index (Phi) is 7.18. The highest BCUT2D eigenvalue weighted by Crippen LogP contribution is 2.24. The smallest absolute Gasteiger partial charge is 0.253 e. The maximum atomic E-state index is 12.9. The molecule has 0 atom stereocenters. The average Bonchev–Trinajstić information content (AvgIpc) is 2.74. The number of hydrogen-bond donors (Lipinski definition) is 0. The van der Waals surface area contributed by atoms with Crippen LogP contribution < -0.4 is 9.47 Å². The third kappa shape index (κ3) is 5.18. The molecule has 0 saturated carbocycles. The van der Waals surface area contributed by atoms with Gasteiger partial charge in [-0.2, -0.15) is 0 Å². The van der Waals surface area contributed by atoms with Crippen LogP contribution in [0.5, 0.6) is 11.5 Å². The fourth-order valence-electron chi connectivity index (χ4n) is 3.26. The normalized spacial score (nSPS) is 14.8. The van der Waals surface area contributed by atoms with E-state index in [0.29, 0.717) is 23.8 Å². The summed E-state index contributed by atoms with van der Waals surface area (Å²) < 4.78 is 11.6. The van der Waals surface area contributed by atoms with Crippen LogP contribution in [0.4, 0.5) is 0 Å². The molecule has 3 rings (SSSR count). The zero-order chi connectivity index (χ0) is 19.9. The summed E-state index contributed by atoms with van der Waals surface area (Å²) in [6, 6.07) is 12.8. The number of hydrogen-bond acceptors (Lipinski definition) is 4. The second kappa shape index (κ2) is 9.80. The number of benzene rings is 2. The van der Waals surface area contributed by atoms with Crippen molar-refractivity contribution in [3.63, 3.8) is 0 Å². The summed E-state index contributed by atoms with van der Waals surface area (Å²) >= 11 is 5.92. The summed E-state index contributed by atoms with van der Waals surface area (Å²) in [4.78, 5) is 17.2. The molecule has 2 aromatic rings. The molecule has 0 aliphatic carbocycles. The molecular formula is C22H27ClN2O3. The number of halogens is 1. The van der Waals surface area contributed by atoms with Gasteiger partial charge in [-0.15, -0.1) is 0 Å². The molecule has 28 heavy (non-hydrogen) atoms. The minimum Gasteiger partial charge on any atom is -0.493 e. The molecule has 2 aromatic carbocycles. The van der Waals surface area contributed by atoms with E-state index in [9.17, 15) is 4.79 Å². The van der Waals surface area contributed by atoms with Gasteiger partial charge in [0.2, 0.25) is 0 Å². The molecule has 5 nitrogen and oxygen atoms in total. The molecule has 1 aliphatic heterocycles. The predicted octanol–water partition coefficient (Wildman–Crippen LogP) is 4.10. The van der Waals surface area contributed by atoms with Gasteiger partial charge in [-0.05, 0) is 55.9 Å². The van der Waals surface area contributed by atoms with Crippen molar-refractivity contribution in [2.75, 3.05) is 39.3 Å². The van der Waals surface area contributed by atoms with Gasteiger partial charge in [0.1, 0.15) is 18.1 Å². The van der Waals surface area contributed by atoms with E-state index in [-0.39, 0.29) is 5.91 Å². The summed E-state index contributed by atoms with van der Waals surface area (Å²) in [6.07, 6.45) is 0. The van der Waals surface area contributed by atoms with E-state index < -0.39 is 0 Å². The zero-order valence-electron chi connectivity index (χ0n) is 16.5. The lowest BCUT2D eigenvalue weighted by molar-refractivity contribution is 0.0643. The fraction of sp³-hybridized carbons (Fsp3) is 0.409. The summed E-state index contributed by atoms with van der Waals surface area (Å²) in [7, 11) is 0. The van der Waals surface area contributed by atoms with Crippen LogP contribution in [-0.2, 0) is 6.61 Å². The second-order valence-corrected chi connectivity index (χ2v) is 7.16. The highest BCUT2D eigenvalue weighted by Gasteiger charge is 2.22. The van der Waals surface area contributed by atoms with Crippen LogP contribution in [0, 0.1) is 0 Å². The minimum absolute atomic E-state index is 0.0616. The Labute approximate surface area is 171 Å². The third-order valence-corrected chi connectivity index (χ3v) is 5.17. The Balaban J connectivity index is 1.73. The summed E-state index contributed by atoms with van der Waals surface area (Å²) in [5, 5.41) is 0.665. The van der Waals surface area contributed by atoms with E-state index in [1.165, 1.54) is 0 Å². The lowest BCUT2D eigenvalue weighted by Crippen LogP contribution is -2.48. The first-order valence-electron chi connectivity index (χ1n) is 9.76. The van der Waals surface area contributed by atoms with Gasteiger partial charge in [0.25, 0.3) is 5.91 Å². The number of carbonyl (C=O) groups excluding carboxylic acids is 1. The van der Waals surface area contributed by atoms with Crippen molar-refractivity contribution in [2.24, 2.45) is 0 Å².